The fraction of sp³-hybridized carbons (Fsp3) is 0. The van der Waals surface area contributed by atoms with Crippen LogP contribution in [-0.4, -0.2) is 5.91 Å². The van der Waals surface area contributed by atoms with E-state index in [1.54, 1.807) is 6.07 Å². The summed E-state index contributed by atoms with van der Waals surface area (Å²) in [6, 6.07) is 8.91. The summed E-state index contributed by atoms with van der Waals surface area (Å²) in [5, 5.41) is 11.3. The molecule has 0 saturated heterocycles. The van der Waals surface area contributed by atoms with Crippen molar-refractivity contribution in [1.82, 2.24) is 0 Å². The summed E-state index contributed by atoms with van der Waals surface area (Å²) in [6.45, 7) is 0. The van der Waals surface area contributed by atoms with Gasteiger partial charge in [-0.3, -0.25) is 4.79 Å². The summed E-state index contributed by atoms with van der Waals surface area (Å²) in [4.78, 5) is 12.0. The van der Waals surface area contributed by atoms with Crippen LogP contribution in [0.3, 0.4) is 0 Å². The minimum absolute atomic E-state index is 0.00572. The molecule has 2 aromatic carbocycles. The molecule has 0 atom stereocenters. The van der Waals surface area contributed by atoms with Crippen LogP contribution in [0.4, 0.5) is 14.5 Å². The average molecular weight is 337 g/mol. The Labute approximate surface area is 122 Å². The number of carbonyl (C=O) groups excluding carboxylic acids is 1. The maximum atomic E-state index is 13.2. The zero-order chi connectivity index (χ0) is 14.7. The van der Waals surface area contributed by atoms with Gasteiger partial charge >= 0.3 is 0 Å². The molecule has 6 heteroatoms. The first-order valence-corrected chi connectivity index (χ1v) is 6.26. The second kappa shape index (κ2) is 5.80. The SMILES string of the molecule is N#Cc1cc(F)ccc1NC(=O)c1cc(F)cc(Br)c1. The van der Waals surface area contributed by atoms with Crippen molar-refractivity contribution in [3.8, 4) is 6.07 Å². The van der Waals surface area contributed by atoms with Crippen LogP contribution in [-0.2, 0) is 0 Å². The van der Waals surface area contributed by atoms with Crippen LogP contribution < -0.4 is 5.32 Å². The van der Waals surface area contributed by atoms with Gasteiger partial charge < -0.3 is 5.32 Å². The quantitative estimate of drug-likeness (QED) is 0.905. The highest BCUT2D eigenvalue weighted by molar-refractivity contribution is 9.10. The molecule has 0 aliphatic rings. The van der Waals surface area contributed by atoms with Gasteiger partial charge in [0.15, 0.2) is 0 Å². The molecule has 0 unspecified atom stereocenters. The van der Waals surface area contributed by atoms with E-state index >= 15 is 0 Å². The number of nitriles is 1. The molecular weight excluding hydrogens is 330 g/mol. The van der Waals surface area contributed by atoms with Gasteiger partial charge in [0.05, 0.1) is 11.3 Å². The van der Waals surface area contributed by atoms with E-state index in [-0.39, 0.29) is 16.8 Å². The highest BCUT2D eigenvalue weighted by Crippen LogP contribution is 2.19. The fourth-order valence-corrected chi connectivity index (χ4v) is 2.06. The predicted molar refractivity (Wildman–Crippen MR) is 73.2 cm³/mol. The normalized spacial score (nSPS) is 9.90. The lowest BCUT2D eigenvalue weighted by Crippen LogP contribution is -2.13. The van der Waals surface area contributed by atoms with E-state index in [0.29, 0.717) is 4.47 Å². The van der Waals surface area contributed by atoms with Crippen LogP contribution >= 0.6 is 15.9 Å². The van der Waals surface area contributed by atoms with E-state index in [2.05, 4.69) is 21.2 Å². The summed E-state index contributed by atoms with van der Waals surface area (Å²) >= 11 is 3.08. The first-order chi connectivity index (χ1) is 9.49. The van der Waals surface area contributed by atoms with E-state index in [9.17, 15) is 13.6 Å². The van der Waals surface area contributed by atoms with Gasteiger partial charge in [0.25, 0.3) is 5.91 Å². The number of amides is 1. The number of nitrogens with zero attached hydrogens (tertiary/aromatic N) is 1. The standard InChI is InChI=1S/C14H7BrF2N2O/c15-10-3-8(4-12(17)6-10)14(20)19-13-2-1-11(16)5-9(13)7-18/h1-6H,(H,19,20). The Morgan fingerprint density at radius 2 is 1.90 bits per heavy atom. The van der Waals surface area contributed by atoms with Crippen LogP contribution in [0.15, 0.2) is 40.9 Å². The summed E-state index contributed by atoms with van der Waals surface area (Å²) < 4.78 is 26.6. The Morgan fingerprint density at radius 1 is 1.15 bits per heavy atom. The molecule has 0 aliphatic heterocycles. The Kier molecular flexibility index (Phi) is 4.11. The molecule has 2 rings (SSSR count). The number of anilines is 1. The summed E-state index contributed by atoms with van der Waals surface area (Å²) in [7, 11) is 0. The lowest BCUT2D eigenvalue weighted by molar-refractivity contribution is 0.102. The van der Waals surface area contributed by atoms with Crippen LogP contribution in [0.5, 0.6) is 0 Å². The smallest absolute Gasteiger partial charge is 0.255 e. The van der Waals surface area contributed by atoms with Crippen molar-refractivity contribution in [1.29, 1.82) is 5.26 Å². The summed E-state index contributed by atoms with van der Waals surface area (Å²) in [5.74, 6) is -1.73. The molecular formula is C14H7BrF2N2O. The zero-order valence-electron chi connectivity index (χ0n) is 9.95. The van der Waals surface area contributed by atoms with Crippen LogP contribution in [0.25, 0.3) is 0 Å². The molecule has 0 heterocycles. The largest absolute Gasteiger partial charge is 0.321 e. The molecule has 20 heavy (non-hydrogen) atoms. The van der Waals surface area contributed by atoms with Gasteiger partial charge in [0.1, 0.15) is 17.7 Å². The maximum absolute atomic E-state index is 13.2. The van der Waals surface area contributed by atoms with Crippen molar-refractivity contribution < 1.29 is 13.6 Å². The Bertz CT molecular complexity index is 705. The van der Waals surface area contributed by atoms with Gasteiger partial charge in [-0.1, -0.05) is 15.9 Å². The average Bonchev–Trinajstić information content (AvgIpc) is 2.39. The summed E-state index contributed by atoms with van der Waals surface area (Å²) in [6.07, 6.45) is 0. The number of benzene rings is 2. The van der Waals surface area contributed by atoms with Crippen LogP contribution in [0.2, 0.25) is 0 Å². The van der Waals surface area contributed by atoms with Gasteiger partial charge in [-0.25, -0.2) is 8.78 Å². The lowest BCUT2D eigenvalue weighted by atomic mass is 10.1. The Hall–Kier alpha value is -2.26. The highest BCUT2D eigenvalue weighted by Gasteiger charge is 2.11. The van der Waals surface area contributed by atoms with Gasteiger partial charge in [0.2, 0.25) is 0 Å². The number of halogens is 3. The molecule has 1 amide bonds. The molecule has 100 valence electrons. The third-order valence-electron chi connectivity index (χ3n) is 2.48. The third kappa shape index (κ3) is 3.19. The number of rotatable bonds is 2. The van der Waals surface area contributed by atoms with Crippen LogP contribution in [0.1, 0.15) is 15.9 Å². The maximum Gasteiger partial charge on any atom is 0.255 e. The van der Waals surface area contributed by atoms with Crippen molar-refractivity contribution in [3.05, 3.63) is 63.6 Å². The molecule has 3 nitrogen and oxygen atoms in total. The molecule has 0 aromatic heterocycles. The topological polar surface area (TPSA) is 52.9 Å². The van der Waals surface area contributed by atoms with Crippen molar-refractivity contribution >= 4 is 27.5 Å². The van der Waals surface area contributed by atoms with E-state index in [4.69, 9.17) is 5.26 Å². The van der Waals surface area contributed by atoms with Crippen molar-refractivity contribution in [2.45, 2.75) is 0 Å². The molecule has 0 spiro atoms. The number of carbonyl (C=O) groups is 1. The van der Waals surface area contributed by atoms with E-state index in [1.165, 1.54) is 18.2 Å². The molecule has 2 aromatic rings. The second-order valence-electron chi connectivity index (χ2n) is 3.91. The van der Waals surface area contributed by atoms with Crippen molar-refractivity contribution in [2.75, 3.05) is 5.32 Å². The molecule has 0 aliphatic carbocycles. The van der Waals surface area contributed by atoms with E-state index in [0.717, 1.165) is 18.2 Å². The van der Waals surface area contributed by atoms with Gasteiger partial charge in [0, 0.05) is 10.0 Å². The molecule has 0 saturated carbocycles. The lowest BCUT2D eigenvalue weighted by Gasteiger charge is -2.07. The molecule has 1 N–H and O–H groups in total. The van der Waals surface area contributed by atoms with E-state index in [1.807, 2.05) is 0 Å². The minimum atomic E-state index is -0.590. The van der Waals surface area contributed by atoms with Gasteiger partial charge in [-0.05, 0) is 36.4 Å². The van der Waals surface area contributed by atoms with Crippen molar-refractivity contribution in [2.24, 2.45) is 0 Å². The van der Waals surface area contributed by atoms with Crippen molar-refractivity contribution in [3.63, 3.8) is 0 Å². The fourth-order valence-electron chi connectivity index (χ4n) is 1.60. The highest BCUT2D eigenvalue weighted by atomic mass is 79.9. The molecule has 0 fully saturated rings. The summed E-state index contributed by atoms with van der Waals surface area (Å²) in [5.41, 5.74) is 0.248. The number of hydrogen-bond donors (Lipinski definition) is 1. The third-order valence-corrected chi connectivity index (χ3v) is 2.93. The van der Waals surface area contributed by atoms with E-state index < -0.39 is 17.5 Å². The monoisotopic (exact) mass is 336 g/mol. The van der Waals surface area contributed by atoms with Gasteiger partial charge in [-0.2, -0.15) is 5.26 Å². The first kappa shape index (κ1) is 14.2. The predicted octanol–water partition coefficient (Wildman–Crippen LogP) is 3.85. The minimum Gasteiger partial charge on any atom is -0.321 e. The first-order valence-electron chi connectivity index (χ1n) is 5.46. The second-order valence-corrected chi connectivity index (χ2v) is 4.83. The molecule has 0 radical (unpaired) electrons. The van der Waals surface area contributed by atoms with Gasteiger partial charge in [-0.15, -0.1) is 0 Å². The molecule has 0 bridgehead atoms. The Morgan fingerprint density at radius 3 is 2.55 bits per heavy atom. The number of nitrogens with one attached hydrogen (secondary N) is 1. The zero-order valence-corrected chi connectivity index (χ0v) is 11.5. The van der Waals surface area contributed by atoms with Crippen LogP contribution in [0, 0.1) is 23.0 Å². The Balaban J connectivity index is 2.30. The number of hydrogen-bond acceptors (Lipinski definition) is 2.